The van der Waals surface area contributed by atoms with E-state index in [1.54, 1.807) is 0 Å². The van der Waals surface area contributed by atoms with E-state index < -0.39 is 0 Å². The monoisotopic (exact) mass is 263 g/mol. The zero-order chi connectivity index (χ0) is 13.1. The Morgan fingerprint density at radius 1 is 1.32 bits per heavy atom. The Bertz CT molecular complexity index is 429. The molecule has 0 bridgehead atoms. The van der Waals surface area contributed by atoms with Gasteiger partial charge in [0.1, 0.15) is 11.9 Å². The smallest absolute Gasteiger partial charge is 0.124 e. The van der Waals surface area contributed by atoms with E-state index in [4.69, 9.17) is 19.9 Å². The van der Waals surface area contributed by atoms with E-state index in [2.05, 4.69) is 0 Å². The summed E-state index contributed by atoms with van der Waals surface area (Å²) < 4.78 is 17.6. The zero-order valence-electron chi connectivity index (χ0n) is 11.1. The molecule has 0 aromatic heterocycles. The van der Waals surface area contributed by atoms with E-state index in [9.17, 15) is 0 Å². The minimum absolute atomic E-state index is 0.111. The first kappa shape index (κ1) is 12.9. The summed E-state index contributed by atoms with van der Waals surface area (Å²) in [5.41, 5.74) is 6.70. The molecule has 2 aliphatic heterocycles. The average Bonchev–Trinajstić information content (AvgIpc) is 2.87. The van der Waals surface area contributed by atoms with E-state index >= 15 is 0 Å². The molecule has 2 N–H and O–H groups in total. The second-order valence-electron chi connectivity index (χ2n) is 5.38. The molecule has 104 valence electrons. The van der Waals surface area contributed by atoms with Crippen molar-refractivity contribution >= 4 is 0 Å². The molecule has 2 atom stereocenters. The van der Waals surface area contributed by atoms with Gasteiger partial charge in [-0.15, -0.1) is 0 Å². The van der Waals surface area contributed by atoms with Crippen molar-refractivity contribution in [1.82, 2.24) is 0 Å². The molecule has 2 heterocycles. The summed E-state index contributed by atoms with van der Waals surface area (Å²) in [6.45, 7) is 2.75. The van der Waals surface area contributed by atoms with Gasteiger partial charge < -0.3 is 19.9 Å². The summed E-state index contributed by atoms with van der Waals surface area (Å²) in [5.74, 6) is 0.908. The Morgan fingerprint density at radius 3 is 3.00 bits per heavy atom. The maximum atomic E-state index is 6.15. The lowest BCUT2D eigenvalue weighted by Crippen LogP contribution is -2.44. The lowest BCUT2D eigenvalue weighted by atomic mass is 9.91. The van der Waals surface area contributed by atoms with Gasteiger partial charge in [-0.25, -0.2) is 0 Å². The summed E-state index contributed by atoms with van der Waals surface area (Å²) in [6, 6.07) is 7.99. The molecule has 2 fully saturated rings. The molecule has 0 aliphatic carbocycles. The van der Waals surface area contributed by atoms with Crippen LogP contribution in [0.1, 0.15) is 24.8 Å². The molecule has 2 unspecified atom stereocenters. The van der Waals surface area contributed by atoms with Crippen molar-refractivity contribution in [2.24, 2.45) is 5.73 Å². The molecule has 0 amide bonds. The van der Waals surface area contributed by atoms with Gasteiger partial charge in [0, 0.05) is 38.0 Å². The van der Waals surface area contributed by atoms with Gasteiger partial charge in [-0.05, 0) is 6.07 Å². The number of benzene rings is 1. The molecule has 19 heavy (non-hydrogen) atoms. The van der Waals surface area contributed by atoms with Crippen LogP contribution in [0.25, 0.3) is 0 Å². The predicted molar refractivity (Wildman–Crippen MR) is 72.1 cm³/mol. The Kier molecular flexibility index (Phi) is 3.73. The van der Waals surface area contributed by atoms with Gasteiger partial charge >= 0.3 is 0 Å². The van der Waals surface area contributed by atoms with Gasteiger partial charge in [-0.1, -0.05) is 18.2 Å². The van der Waals surface area contributed by atoms with E-state index in [0.29, 0.717) is 13.2 Å². The van der Waals surface area contributed by atoms with Gasteiger partial charge in [-0.2, -0.15) is 0 Å². The van der Waals surface area contributed by atoms with Crippen LogP contribution in [-0.2, 0) is 16.0 Å². The minimum Gasteiger partial charge on any atom is -0.490 e. The lowest BCUT2D eigenvalue weighted by Gasteiger charge is -2.37. The quantitative estimate of drug-likeness (QED) is 0.904. The molecule has 1 aromatic carbocycles. The van der Waals surface area contributed by atoms with Crippen LogP contribution in [0.3, 0.4) is 0 Å². The van der Waals surface area contributed by atoms with E-state index in [-0.39, 0.29) is 11.7 Å². The van der Waals surface area contributed by atoms with Crippen molar-refractivity contribution in [1.29, 1.82) is 0 Å². The number of rotatable bonds is 3. The Balaban J connectivity index is 1.69. The number of hydrogen-bond donors (Lipinski definition) is 1. The van der Waals surface area contributed by atoms with E-state index in [1.165, 1.54) is 0 Å². The highest BCUT2D eigenvalue weighted by Gasteiger charge is 2.41. The summed E-state index contributed by atoms with van der Waals surface area (Å²) in [4.78, 5) is 0. The molecular formula is C15H21NO3. The molecule has 4 nitrogen and oxygen atoms in total. The van der Waals surface area contributed by atoms with Crippen LogP contribution in [0, 0.1) is 0 Å². The second-order valence-corrected chi connectivity index (χ2v) is 5.38. The van der Waals surface area contributed by atoms with E-state index in [0.717, 1.165) is 43.8 Å². The molecule has 0 radical (unpaired) electrons. The summed E-state index contributed by atoms with van der Waals surface area (Å²) in [5, 5.41) is 0. The number of ether oxygens (including phenoxy) is 3. The van der Waals surface area contributed by atoms with Crippen molar-refractivity contribution in [2.75, 3.05) is 19.8 Å². The van der Waals surface area contributed by atoms with Gasteiger partial charge in [-0.3, -0.25) is 0 Å². The Hall–Kier alpha value is -1.10. The van der Waals surface area contributed by atoms with Crippen LogP contribution in [0.15, 0.2) is 24.3 Å². The van der Waals surface area contributed by atoms with Crippen molar-refractivity contribution in [3.8, 4) is 5.75 Å². The Labute approximate surface area is 113 Å². The van der Waals surface area contributed by atoms with Crippen molar-refractivity contribution in [3.05, 3.63) is 29.8 Å². The standard InChI is InChI=1S/C15H21NO3/c16-10-12-3-1-2-4-14(12)19-13-5-7-18-15(9-13)6-8-17-11-15/h1-4,13H,5-11,16H2. The van der Waals surface area contributed by atoms with Crippen LogP contribution < -0.4 is 10.5 Å². The van der Waals surface area contributed by atoms with Crippen molar-refractivity contribution < 1.29 is 14.2 Å². The predicted octanol–water partition coefficient (Wildman–Crippen LogP) is 1.86. The molecular weight excluding hydrogens is 242 g/mol. The maximum absolute atomic E-state index is 6.15. The first-order chi connectivity index (χ1) is 9.31. The van der Waals surface area contributed by atoms with Gasteiger partial charge in [0.15, 0.2) is 0 Å². The van der Waals surface area contributed by atoms with Crippen LogP contribution >= 0.6 is 0 Å². The van der Waals surface area contributed by atoms with Gasteiger partial charge in [0.05, 0.1) is 18.8 Å². The fourth-order valence-corrected chi connectivity index (χ4v) is 2.91. The molecule has 3 rings (SSSR count). The normalized spacial score (nSPS) is 30.7. The number of hydrogen-bond acceptors (Lipinski definition) is 4. The summed E-state index contributed by atoms with van der Waals surface area (Å²) in [6.07, 6.45) is 3.01. The van der Waals surface area contributed by atoms with Crippen LogP contribution in [0.4, 0.5) is 0 Å². The fourth-order valence-electron chi connectivity index (χ4n) is 2.91. The van der Waals surface area contributed by atoms with Crippen LogP contribution in [0.5, 0.6) is 5.75 Å². The third-order valence-electron chi connectivity index (χ3n) is 4.00. The molecule has 2 saturated heterocycles. The first-order valence-corrected chi connectivity index (χ1v) is 6.98. The fraction of sp³-hybridized carbons (Fsp3) is 0.600. The van der Waals surface area contributed by atoms with Gasteiger partial charge in [0.2, 0.25) is 0 Å². The molecule has 2 aliphatic rings. The molecule has 0 saturated carbocycles. The SMILES string of the molecule is NCc1ccccc1OC1CCOC2(CCOC2)C1. The highest BCUT2D eigenvalue weighted by Crippen LogP contribution is 2.34. The Morgan fingerprint density at radius 2 is 2.21 bits per heavy atom. The third kappa shape index (κ3) is 2.76. The first-order valence-electron chi connectivity index (χ1n) is 6.98. The second kappa shape index (κ2) is 5.49. The average molecular weight is 263 g/mol. The number of para-hydroxylation sites is 1. The van der Waals surface area contributed by atoms with Crippen molar-refractivity contribution in [3.63, 3.8) is 0 Å². The van der Waals surface area contributed by atoms with E-state index in [1.807, 2.05) is 24.3 Å². The zero-order valence-corrected chi connectivity index (χ0v) is 11.1. The lowest BCUT2D eigenvalue weighted by molar-refractivity contribution is -0.112. The van der Waals surface area contributed by atoms with Gasteiger partial charge in [0.25, 0.3) is 0 Å². The topological polar surface area (TPSA) is 53.7 Å². The molecule has 4 heteroatoms. The maximum Gasteiger partial charge on any atom is 0.124 e. The molecule has 1 spiro atoms. The van der Waals surface area contributed by atoms with Crippen LogP contribution in [0.2, 0.25) is 0 Å². The summed E-state index contributed by atoms with van der Waals surface area (Å²) in [7, 11) is 0. The summed E-state index contributed by atoms with van der Waals surface area (Å²) >= 11 is 0. The minimum atomic E-state index is -0.111. The third-order valence-corrected chi connectivity index (χ3v) is 4.00. The highest BCUT2D eigenvalue weighted by atomic mass is 16.6. The molecule has 1 aromatic rings. The van der Waals surface area contributed by atoms with Crippen LogP contribution in [-0.4, -0.2) is 31.5 Å². The highest BCUT2D eigenvalue weighted by molar-refractivity contribution is 5.33. The largest absolute Gasteiger partial charge is 0.490 e. The van der Waals surface area contributed by atoms with Crippen molar-refractivity contribution in [2.45, 2.75) is 37.5 Å². The number of nitrogens with two attached hydrogens (primary N) is 1.